The summed E-state index contributed by atoms with van der Waals surface area (Å²) in [6, 6.07) is 12.0. The van der Waals surface area contributed by atoms with E-state index in [9.17, 15) is 24.5 Å². The SMILES string of the molecule is O=C(CN1C(=O)NC(CCc2ccccc2)C1=O)Nc1ccc(Cl)c([N+](=O)[O-])c1. The Morgan fingerprint density at radius 3 is 2.62 bits per heavy atom. The standard InChI is InChI=1S/C19H17ClN4O5/c20-14-8-7-13(10-16(14)24(28)29)21-17(25)11-23-18(26)15(22-19(23)27)9-6-12-4-2-1-3-5-12/h1-5,7-8,10,15H,6,9,11H2,(H,21,25)(H,22,27). The van der Waals surface area contributed by atoms with E-state index >= 15 is 0 Å². The number of halogens is 1. The van der Waals surface area contributed by atoms with Crippen molar-refractivity contribution in [2.75, 3.05) is 11.9 Å². The normalized spacial score (nSPS) is 15.9. The van der Waals surface area contributed by atoms with Gasteiger partial charge in [0.15, 0.2) is 0 Å². The van der Waals surface area contributed by atoms with Crippen LogP contribution < -0.4 is 10.6 Å². The number of carbonyl (C=O) groups excluding carboxylic acids is 3. The second-order valence-corrected chi connectivity index (χ2v) is 6.83. The van der Waals surface area contributed by atoms with Crippen LogP contribution in [0.15, 0.2) is 48.5 Å². The lowest BCUT2D eigenvalue weighted by Crippen LogP contribution is -2.38. The fourth-order valence-corrected chi connectivity index (χ4v) is 3.14. The van der Waals surface area contributed by atoms with Gasteiger partial charge in [-0.3, -0.25) is 24.6 Å². The van der Waals surface area contributed by atoms with E-state index in [1.165, 1.54) is 12.1 Å². The zero-order chi connectivity index (χ0) is 21.0. The average Bonchev–Trinajstić information content (AvgIpc) is 2.96. The number of imide groups is 1. The van der Waals surface area contributed by atoms with Crippen LogP contribution in [0.5, 0.6) is 0 Å². The van der Waals surface area contributed by atoms with Crippen molar-refractivity contribution in [1.29, 1.82) is 0 Å². The van der Waals surface area contributed by atoms with Crippen molar-refractivity contribution in [2.24, 2.45) is 0 Å². The van der Waals surface area contributed by atoms with E-state index in [4.69, 9.17) is 11.6 Å². The minimum absolute atomic E-state index is 0.0663. The number of hydrogen-bond acceptors (Lipinski definition) is 5. The van der Waals surface area contributed by atoms with E-state index in [0.29, 0.717) is 12.8 Å². The molecule has 0 bridgehead atoms. The predicted molar refractivity (Wildman–Crippen MR) is 106 cm³/mol. The van der Waals surface area contributed by atoms with Crippen molar-refractivity contribution in [3.8, 4) is 0 Å². The number of nitro benzene ring substituents is 1. The summed E-state index contributed by atoms with van der Waals surface area (Å²) in [7, 11) is 0. The van der Waals surface area contributed by atoms with Gasteiger partial charge in [0.2, 0.25) is 5.91 Å². The molecule has 1 fully saturated rings. The third-order valence-electron chi connectivity index (χ3n) is 4.40. The van der Waals surface area contributed by atoms with Crippen LogP contribution >= 0.6 is 11.6 Å². The summed E-state index contributed by atoms with van der Waals surface area (Å²) in [6.07, 6.45) is 1.02. The zero-order valence-corrected chi connectivity index (χ0v) is 15.9. The number of aryl methyl sites for hydroxylation is 1. The highest BCUT2D eigenvalue weighted by atomic mass is 35.5. The van der Waals surface area contributed by atoms with Gasteiger partial charge in [-0.1, -0.05) is 41.9 Å². The molecule has 9 nitrogen and oxygen atoms in total. The molecule has 0 aromatic heterocycles. The molecule has 0 spiro atoms. The molecule has 2 aromatic rings. The Hall–Kier alpha value is -3.46. The summed E-state index contributed by atoms with van der Waals surface area (Å²) in [6.45, 7) is -0.497. The van der Waals surface area contributed by atoms with E-state index in [2.05, 4.69) is 10.6 Å². The molecule has 3 rings (SSSR count). The molecule has 1 unspecified atom stereocenters. The molecule has 2 N–H and O–H groups in total. The lowest BCUT2D eigenvalue weighted by atomic mass is 10.1. The highest BCUT2D eigenvalue weighted by molar-refractivity contribution is 6.32. The molecule has 1 aliphatic heterocycles. The molecule has 1 saturated heterocycles. The molecular weight excluding hydrogens is 400 g/mol. The highest BCUT2D eigenvalue weighted by Gasteiger charge is 2.38. The Kier molecular flexibility index (Phi) is 6.08. The number of urea groups is 1. The molecule has 10 heteroatoms. The number of hydrogen-bond donors (Lipinski definition) is 2. The van der Waals surface area contributed by atoms with Gasteiger partial charge < -0.3 is 10.6 Å². The van der Waals surface area contributed by atoms with Gasteiger partial charge in [-0.25, -0.2) is 4.79 Å². The van der Waals surface area contributed by atoms with Crippen LogP contribution in [0.1, 0.15) is 12.0 Å². The van der Waals surface area contributed by atoms with Crippen LogP contribution in [0.2, 0.25) is 5.02 Å². The molecular formula is C19H17ClN4O5. The van der Waals surface area contributed by atoms with Crippen LogP contribution in [-0.4, -0.2) is 40.3 Å². The third-order valence-corrected chi connectivity index (χ3v) is 4.72. The summed E-state index contributed by atoms with van der Waals surface area (Å²) in [4.78, 5) is 47.9. The lowest BCUT2D eigenvalue weighted by molar-refractivity contribution is -0.384. The quantitative estimate of drug-likeness (QED) is 0.408. The maximum atomic E-state index is 12.5. The summed E-state index contributed by atoms with van der Waals surface area (Å²) in [5, 5.41) is 15.9. The number of benzene rings is 2. The number of nitro groups is 1. The first kappa shape index (κ1) is 20.3. The fourth-order valence-electron chi connectivity index (χ4n) is 2.95. The van der Waals surface area contributed by atoms with Crippen molar-refractivity contribution in [3.63, 3.8) is 0 Å². The van der Waals surface area contributed by atoms with Gasteiger partial charge in [0.05, 0.1) is 4.92 Å². The van der Waals surface area contributed by atoms with Crippen LogP contribution in [0.25, 0.3) is 0 Å². The highest BCUT2D eigenvalue weighted by Crippen LogP contribution is 2.27. The van der Waals surface area contributed by atoms with E-state index in [-0.39, 0.29) is 16.4 Å². The first-order valence-corrected chi connectivity index (χ1v) is 9.12. The van der Waals surface area contributed by atoms with Gasteiger partial charge in [-0.15, -0.1) is 0 Å². The van der Waals surface area contributed by atoms with Gasteiger partial charge in [-0.05, 0) is 30.5 Å². The summed E-state index contributed by atoms with van der Waals surface area (Å²) < 4.78 is 0. The number of nitrogens with zero attached hydrogens (tertiary/aromatic N) is 2. The van der Waals surface area contributed by atoms with Crippen LogP contribution in [0, 0.1) is 10.1 Å². The Bertz CT molecular complexity index is 966. The molecule has 4 amide bonds. The Balaban J connectivity index is 1.59. The maximum Gasteiger partial charge on any atom is 0.325 e. The van der Waals surface area contributed by atoms with Crippen molar-refractivity contribution in [1.82, 2.24) is 10.2 Å². The third kappa shape index (κ3) is 4.88. The molecule has 1 heterocycles. The van der Waals surface area contributed by atoms with Gasteiger partial charge in [0, 0.05) is 11.8 Å². The van der Waals surface area contributed by atoms with Crippen molar-refractivity contribution < 1.29 is 19.3 Å². The smallest absolute Gasteiger partial charge is 0.325 e. The van der Waals surface area contributed by atoms with E-state index < -0.39 is 35.4 Å². The van der Waals surface area contributed by atoms with Gasteiger partial charge in [-0.2, -0.15) is 0 Å². The Labute approximate surface area is 170 Å². The molecule has 2 aromatic carbocycles. The van der Waals surface area contributed by atoms with Gasteiger partial charge in [0.25, 0.3) is 11.6 Å². The molecule has 0 aliphatic carbocycles. The topological polar surface area (TPSA) is 122 Å². The molecule has 29 heavy (non-hydrogen) atoms. The number of rotatable bonds is 7. The number of carbonyl (C=O) groups is 3. The second kappa shape index (κ2) is 8.70. The molecule has 0 radical (unpaired) electrons. The second-order valence-electron chi connectivity index (χ2n) is 6.42. The lowest BCUT2D eigenvalue weighted by Gasteiger charge is -2.13. The molecule has 0 saturated carbocycles. The minimum Gasteiger partial charge on any atom is -0.326 e. The summed E-state index contributed by atoms with van der Waals surface area (Å²) >= 11 is 5.73. The number of nitrogens with one attached hydrogen (secondary N) is 2. The van der Waals surface area contributed by atoms with Gasteiger partial charge >= 0.3 is 6.03 Å². The van der Waals surface area contributed by atoms with Crippen molar-refractivity contribution in [3.05, 3.63) is 69.2 Å². The van der Waals surface area contributed by atoms with Gasteiger partial charge in [0.1, 0.15) is 17.6 Å². The Morgan fingerprint density at radius 1 is 1.21 bits per heavy atom. The van der Waals surface area contributed by atoms with Crippen molar-refractivity contribution in [2.45, 2.75) is 18.9 Å². The van der Waals surface area contributed by atoms with E-state index in [1.807, 2.05) is 30.3 Å². The first-order valence-electron chi connectivity index (χ1n) is 8.74. The van der Waals surface area contributed by atoms with E-state index in [1.54, 1.807) is 0 Å². The van der Waals surface area contributed by atoms with Crippen molar-refractivity contribution >= 4 is 40.8 Å². The number of amides is 4. The zero-order valence-electron chi connectivity index (χ0n) is 15.1. The summed E-state index contributed by atoms with van der Waals surface area (Å²) in [5.74, 6) is -1.14. The predicted octanol–water partition coefficient (Wildman–Crippen LogP) is 2.74. The fraction of sp³-hybridized carbons (Fsp3) is 0.211. The summed E-state index contributed by atoms with van der Waals surface area (Å²) in [5.41, 5.74) is 0.814. The van der Waals surface area contributed by atoms with Crippen LogP contribution in [0.3, 0.4) is 0 Å². The monoisotopic (exact) mass is 416 g/mol. The maximum absolute atomic E-state index is 12.5. The largest absolute Gasteiger partial charge is 0.326 e. The minimum atomic E-state index is -0.702. The number of anilines is 1. The van der Waals surface area contributed by atoms with Crippen LogP contribution in [0.4, 0.5) is 16.2 Å². The molecule has 1 aliphatic rings. The first-order chi connectivity index (χ1) is 13.8. The average molecular weight is 417 g/mol. The Morgan fingerprint density at radius 2 is 1.93 bits per heavy atom. The van der Waals surface area contributed by atoms with Crippen LogP contribution in [-0.2, 0) is 16.0 Å². The molecule has 150 valence electrons. The molecule has 1 atom stereocenters. The van der Waals surface area contributed by atoms with E-state index in [0.717, 1.165) is 16.5 Å².